The van der Waals surface area contributed by atoms with E-state index in [1.54, 1.807) is 0 Å². The minimum Gasteiger partial charge on any atom is -0.382 e. The van der Waals surface area contributed by atoms with Gasteiger partial charge in [-0.1, -0.05) is 0 Å². The maximum atomic E-state index is 15.5. The number of halogens is 2. The second kappa shape index (κ2) is 10.7. The summed E-state index contributed by atoms with van der Waals surface area (Å²) in [5.41, 5.74) is 4.26. The average Bonchev–Trinajstić information content (AvgIpc) is 3.57. The Labute approximate surface area is 226 Å². The molecule has 6 rings (SSSR count). The van der Waals surface area contributed by atoms with E-state index in [1.165, 1.54) is 10.9 Å². The number of phosphoric ester groups is 1. The molecule has 0 saturated carbocycles. The molecule has 22 heteroatoms. The van der Waals surface area contributed by atoms with Gasteiger partial charge >= 0.3 is 21.8 Å². The van der Waals surface area contributed by atoms with Crippen molar-refractivity contribution in [1.29, 1.82) is 0 Å². The molecule has 0 radical (unpaired) electrons. The van der Waals surface area contributed by atoms with E-state index < -0.39 is 89.8 Å². The standard InChI is InChI=1S/C19H21F2N7O11P2/c20-10-7-3-34-40(31)38-13-8(37-17(11(13)21)27-2-1-9(29)26-19(27)30)4-35-41(32,33)39-14(10)18(36-7)28-6-25-12-15(22)23-5-24-16(12)28/h1-2,5-8,10-11,13-14,17-18,40H,3-4H2,(H,32,33)(H2,22,23,24)(H,26,29,30)/t7-,8-,10-,11-,13-,14-,17-,18-/m1/s1. The number of anilines is 1. The highest BCUT2D eigenvalue weighted by atomic mass is 31.2. The van der Waals surface area contributed by atoms with Gasteiger partial charge in [0.25, 0.3) is 5.56 Å². The van der Waals surface area contributed by atoms with Crippen molar-refractivity contribution < 1.29 is 50.4 Å². The molecule has 2 bridgehead atoms. The number of hydrogen-bond acceptors (Lipinski definition) is 14. The van der Waals surface area contributed by atoms with Gasteiger partial charge in [-0.15, -0.1) is 0 Å². The van der Waals surface area contributed by atoms with E-state index in [-0.39, 0.29) is 17.0 Å². The van der Waals surface area contributed by atoms with E-state index in [2.05, 4.69) is 15.0 Å². The number of nitrogens with zero attached hydrogens (tertiary/aromatic N) is 5. The Balaban J connectivity index is 1.29. The first-order valence-electron chi connectivity index (χ1n) is 11.8. The van der Waals surface area contributed by atoms with Gasteiger partial charge in [0.1, 0.15) is 36.3 Å². The molecule has 3 aliphatic rings. The van der Waals surface area contributed by atoms with Gasteiger partial charge in [0.05, 0.1) is 19.5 Å². The number of nitrogens with one attached hydrogen (secondary N) is 1. The first-order valence-corrected chi connectivity index (χ1v) is 14.6. The highest BCUT2D eigenvalue weighted by Gasteiger charge is 2.53. The minimum absolute atomic E-state index is 0.00895. The fourth-order valence-corrected chi connectivity index (χ4v) is 6.49. The monoisotopic (exact) mass is 623 g/mol. The predicted octanol–water partition coefficient (Wildman–Crippen LogP) is -0.263. The summed E-state index contributed by atoms with van der Waals surface area (Å²) >= 11 is 0. The zero-order chi connectivity index (χ0) is 29.1. The third kappa shape index (κ3) is 5.26. The fraction of sp³-hybridized carbons (Fsp3) is 0.526. The molecule has 3 saturated heterocycles. The van der Waals surface area contributed by atoms with Crippen molar-refractivity contribution in [2.75, 3.05) is 18.9 Å². The molecule has 18 nitrogen and oxygen atoms in total. The van der Waals surface area contributed by atoms with Gasteiger partial charge in [-0.25, -0.2) is 33.1 Å². The Morgan fingerprint density at radius 1 is 1.07 bits per heavy atom. The maximum Gasteiger partial charge on any atom is 0.472 e. The Morgan fingerprint density at radius 2 is 1.85 bits per heavy atom. The number of rotatable bonds is 2. The number of H-pyrrole nitrogens is 1. The van der Waals surface area contributed by atoms with Crippen LogP contribution in [0.15, 0.2) is 34.5 Å². The zero-order valence-corrected chi connectivity index (χ0v) is 22.3. The number of fused-ring (bicyclic) bond motifs is 4. The Bertz CT molecular complexity index is 1650. The lowest BCUT2D eigenvalue weighted by Gasteiger charge is -2.24. The van der Waals surface area contributed by atoms with Crippen molar-refractivity contribution in [2.45, 2.75) is 49.2 Å². The van der Waals surface area contributed by atoms with Crippen molar-refractivity contribution >= 4 is 33.1 Å². The molecule has 0 spiro atoms. The molecule has 0 aliphatic carbocycles. The van der Waals surface area contributed by atoms with Crippen LogP contribution < -0.4 is 17.0 Å². The normalized spacial score (nSPS) is 38.2. The maximum absolute atomic E-state index is 15.5. The molecule has 3 aromatic heterocycles. The first kappa shape index (κ1) is 28.2. The summed E-state index contributed by atoms with van der Waals surface area (Å²) in [6.45, 7) is -1.59. The largest absolute Gasteiger partial charge is 0.472 e. The fourth-order valence-electron chi connectivity index (χ4n) is 4.69. The van der Waals surface area contributed by atoms with Crippen molar-refractivity contribution in [2.24, 2.45) is 0 Å². The van der Waals surface area contributed by atoms with Gasteiger partial charge in [-0.05, 0) is 0 Å². The van der Waals surface area contributed by atoms with Gasteiger partial charge in [0.15, 0.2) is 36.3 Å². The Hall–Kier alpha value is -2.93. The molecule has 3 fully saturated rings. The molecule has 3 aromatic rings. The summed E-state index contributed by atoms with van der Waals surface area (Å²) in [6, 6.07) is 0.939. The molecule has 6 heterocycles. The zero-order valence-electron chi connectivity index (χ0n) is 20.4. The van der Waals surface area contributed by atoms with Crippen LogP contribution in [0.1, 0.15) is 12.5 Å². The summed E-state index contributed by atoms with van der Waals surface area (Å²) in [5.74, 6) is 0.00895. The predicted molar refractivity (Wildman–Crippen MR) is 129 cm³/mol. The quantitative estimate of drug-likeness (QED) is 0.312. The van der Waals surface area contributed by atoms with Crippen LogP contribution in [0.2, 0.25) is 0 Å². The molecule has 41 heavy (non-hydrogen) atoms. The lowest BCUT2D eigenvalue weighted by molar-refractivity contribution is -0.0636. The number of imidazole rings is 1. The van der Waals surface area contributed by atoms with E-state index in [0.29, 0.717) is 4.57 Å². The van der Waals surface area contributed by atoms with Crippen LogP contribution in [0, 0.1) is 0 Å². The molecule has 0 aromatic carbocycles. The van der Waals surface area contributed by atoms with Crippen molar-refractivity contribution in [3.8, 4) is 0 Å². The number of ether oxygens (including phenoxy) is 2. The number of nitrogen functional groups attached to an aromatic ring is 1. The Kier molecular flexibility index (Phi) is 7.37. The smallest absolute Gasteiger partial charge is 0.382 e. The molecule has 4 N–H and O–H groups in total. The van der Waals surface area contributed by atoms with E-state index in [1.807, 2.05) is 4.98 Å². The summed E-state index contributed by atoms with van der Waals surface area (Å²) in [6.07, 6.45) is -10.8. The molecule has 222 valence electrons. The van der Waals surface area contributed by atoms with Crippen LogP contribution in [0.5, 0.6) is 0 Å². The summed E-state index contributed by atoms with van der Waals surface area (Å²) < 4.78 is 90.2. The SMILES string of the molecule is Nc1ncnc2c1ncn2[C@@H]1O[C@@H]2CO[PH](=O)O[C@H]3[C@@H](F)[C@H](n4ccc(=O)[nH]c4=O)O[C@@H]3COP(=O)(O)O[C@@H]1[C@@H]2F. The van der Waals surface area contributed by atoms with Gasteiger partial charge in [0.2, 0.25) is 0 Å². The van der Waals surface area contributed by atoms with Gasteiger partial charge in [-0.3, -0.25) is 32.5 Å². The van der Waals surface area contributed by atoms with E-state index >= 15 is 8.78 Å². The number of hydrogen-bond donors (Lipinski definition) is 3. The van der Waals surface area contributed by atoms with Gasteiger partial charge in [0, 0.05) is 12.3 Å². The van der Waals surface area contributed by atoms with Crippen LogP contribution in [-0.2, 0) is 36.7 Å². The van der Waals surface area contributed by atoms with E-state index in [4.69, 9.17) is 33.3 Å². The molecule has 0 amide bonds. The van der Waals surface area contributed by atoms with Crippen molar-refractivity contribution in [1.82, 2.24) is 29.1 Å². The second-order valence-corrected chi connectivity index (χ2v) is 11.5. The molecule has 3 aliphatic heterocycles. The number of aromatic nitrogens is 6. The number of alkyl halides is 2. The summed E-state index contributed by atoms with van der Waals surface area (Å²) in [5, 5.41) is 0. The topological polar surface area (TPSA) is 234 Å². The summed E-state index contributed by atoms with van der Waals surface area (Å²) in [4.78, 5) is 47.9. The van der Waals surface area contributed by atoms with Crippen LogP contribution in [-0.4, -0.2) is 83.9 Å². The number of aromatic amines is 1. The third-order valence-electron chi connectivity index (χ3n) is 6.57. The van der Waals surface area contributed by atoms with Crippen LogP contribution >= 0.6 is 16.1 Å². The van der Waals surface area contributed by atoms with E-state index in [9.17, 15) is 23.6 Å². The Morgan fingerprint density at radius 3 is 2.63 bits per heavy atom. The van der Waals surface area contributed by atoms with Crippen molar-refractivity contribution in [3.05, 3.63) is 45.8 Å². The highest BCUT2D eigenvalue weighted by molar-refractivity contribution is 7.47. The summed E-state index contributed by atoms with van der Waals surface area (Å²) in [7, 11) is -8.70. The van der Waals surface area contributed by atoms with Crippen LogP contribution in [0.25, 0.3) is 11.2 Å². The third-order valence-corrected chi connectivity index (χ3v) is 8.42. The van der Waals surface area contributed by atoms with Crippen LogP contribution in [0.4, 0.5) is 14.6 Å². The average molecular weight is 623 g/mol. The number of nitrogens with two attached hydrogens (primary N) is 1. The lowest BCUT2D eigenvalue weighted by atomic mass is 10.1. The van der Waals surface area contributed by atoms with Crippen molar-refractivity contribution in [3.63, 3.8) is 0 Å². The first-order chi connectivity index (χ1) is 19.5. The second-order valence-electron chi connectivity index (χ2n) is 9.10. The van der Waals surface area contributed by atoms with Crippen LogP contribution in [0.3, 0.4) is 0 Å². The van der Waals surface area contributed by atoms with E-state index in [0.717, 1.165) is 18.6 Å². The van der Waals surface area contributed by atoms with Gasteiger partial charge < -0.3 is 29.1 Å². The lowest BCUT2D eigenvalue weighted by Crippen LogP contribution is -2.36. The number of phosphoric acid groups is 1. The molecular formula is C19H21F2N7O11P2. The molecular weight excluding hydrogens is 602 g/mol. The highest BCUT2D eigenvalue weighted by Crippen LogP contribution is 2.51. The minimum atomic E-state index is -5.13. The van der Waals surface area contributed by atoms with Gasteiger partial charge in [-0.2, -0.15) is 0 Å². The molecule has 2 unspecified atom stereocenters. The molecule has 10 atom stereocenters.